The number of pyridine rings is 1. The number of nitrogens with one attached hydrogen (secondary N) is 2. The predicted molar refractivity (Wildman–Crippen MR) is 146 cm³/mol. The first kappa shape index (κ1) is 26.1. The number of hydrogen-bond acceptors (Lipinski definition) is 5. The predicted octanol–water partition coefficient (Wildman–Crippen LogP) is 4.93. The zero-order valence-corrected chi connectivity index (χ0v) is 22.2. The first-order valence-electron chi connectivity index (χ1n) is 13.4. The van der Waals surface area contributed by atoms with E-state index in [4.69, 9.17) is 0 Å². The molecule has 2 N–H and O–H groups in total. The SMILES string of the molecule is CC(C)N(c1cc(F)cc(F)c1F)c1cc[nH]c(=O)c1-c1nc2cc3c(cc2[nH]1)CN(CCN1CCCC1)C3=O. The van der Waals surface area contributed by atoms with E-state index in [-0.39, 0.29) is 28.7 Å². The van der Waals surface area contributed by atoms with E-state index in [1.165, 1.54) is 30.0 Å². The third-order valence-electron chi connectivity index (χ3n) is 7.66. The van der Waals surface area contributed by atoms with Gasteiger partial charge in [-0.15, -0.1) is 0 Å². The molecule has 2 aromatic carbocycles. The molecule has 1 saturated heterocycles. The van der Waals surface area contributed by atoms with Gasteiger partial charge in [0.05, 0.1) is 22.4 Å². The molecular formula is C29H29F3N6O2. The summed E-state index contributed by atoms with van der Waals surface area (Å²) in [6.45, 7) is 7.58. The Labute approximate surface area is 228 Å². The van der Waals surface area contributed by atoms with Crippen LogP contribution in [0, 0.1) is 17.5 Å². The zero-order chi connectivity index (χ0) is 28.1. The maximum absolute atomic E-state index is 14.9. The van der Waals surface area contributed by atoms with Crippen LogP contribution < -0.4 is 10.5 Å². The Hall–Kier alpha value is -4.12. The van der Waals surface area contributed by atoms with Gasteiger partial charge in [-0.25, -0.2) is 18.2 Å². The highest BCUT2D eigenvalue weighted by atomic mass is 19.2. The van der Waals surface area contributed by atoms with E-state index in [0.717, 1.165) is 31.3 Å². The number of halogens is 3. The van der Waals surface area contributed by atoms with Crippen LogP contribution in [-0.2, 0) is 6.54 Å². The third kappa shape index (κ3) is 4.53. The van der Waals surface area contributed by atoms with Gasteiger partial charge in [0.25, 0.3) is 11.5 Å². The fourth-order valence-corrected chi connectivity index (χ4v) is 5.75. The van der Waals surface area contributed by atoms with Gasteiger partial charge in [0, 0.05) is 49.6 Å². The van der Waals surface area contributed by atoms with E-state index in [1.807, 2.05) is 11.0 Å². The maximum atomic E-state index is 14.9. The molecule has 2 aliphatic rings. The first-order chi connectivity index (χ1) is 19.2. The number of fused-ring (bicyclic) bond motifs is 2. The van der Waals surface area contributed by atoms with Gasteiger partial charge in [0.1, 0.15) is 17.2 Å². The van der Waals surface area contributed by atoms with Crippen molar-refractivity contribution in [1.29, 1.82) is 0 Å². The molecule has 0 saturated carbocycles. The Kier molecular flexibility index (Phi) is 6.61. The van der Waals surface area contributed by atoms with Gasteiger partial charge in [-0.2, -0.15) is 0 Å². The Balaban J connectivity index is 1.37. The lowest BCUT2D eigenvalue weighted by molar-refractivity contribution is 0.0763. The van der Waals surface area contributed by atoms with Crippen molar-refractivity contribution in [2.75, 3.05) is 31.1 Å². The third-order valence-corrected chi connectivity index (χ3v) is 7.66. The summed E-state index contributed by atoms with van der Waals surface area (Å²) >= 11 is 0. The zero-order valence-electron chi connectivity index (χ0n) is 22.2. The van der Waals surface area contributed by atoms with Gasteiger partial charge in [-0.05, 0) is 63.5 Å². The largest absolute Gasteiger partial charge is 0.338 e. The second-order valence-electron chi connectivity index (χ2n) is 10.6. The monoisotopic (exact) mass is 550 g/mol. The average molecular weight is 551 g/mol. The minimum absolute atomic E-state index is 0.0477. The van der Waals surface area contributed by atoms with Crippen molar-refractivity contribution in [1.82, 2.24) is 24.8 Å². The highest BCUT2D eigenvalue weighted by molar-refractivity contribution is 6.02. The summed E-state index contributed by atoms with van der Waals surface area (Å²) in [7, 11) is 0. The van der Waals surface area contributed by atoms with Crippen molar-refractivity contribution in [3.8, 4) is 11.4 Å². The molecule has 0 aliphatic carbocycles. The summed E-state index contributed by atoms with van der Waals surface area (Å²) in [5, 5.41) is 0. The first-order valence-corrected chi connectivity index (χ1v) is 13.4. The number of likely N-dealkylation sites (tertiary alicyclic amines) is 1. The molecule has 11 heteroatoms. The summed E-state index contributed by atoms with van der Waals surface area (Å²) in [5.41, 5.74) is 2.03. The number of H-pyrrole nitrogens is 2. The lowest BCUT2D eigenvalue weighted by Crippen LogP contribution is -2.33. The van der Waals surface area contributed by atoms with Gasteiger partial charge in [0.2, 0.25) is 0 Å². The molecule has 1 fully saturated rings. The van der Waals surface area contributed by atoms with E-state index in [0.29, 0.717) is 35.8 Å². The molecule has 0 bridgehead atoms. The molecule has 4 heterocycles. The van der Waals surface area contributed by atoms with Crippen molar-refractivity contribution in [2.45, 2.75) is 39.3 Å². The van der Waals surface area contributed by atoms with Crippen LogP contribution in [0.1, 0.15) is 42.6 Å². The summed E-state index contributed by atoms with van der Waals surface area (Å²) in [6.07, 6.45) is 3.78. The number of anilines is 2. The topological polar surface area (TPSA) is 88.3 Å². The normalized spacial score (nSPS) is 15.6. The number of hydrogen-bond donors (Lipinski definition) is 2. The molecule has 0 atom stereocenters. The summed E-state index contributed by atoms with van der Waals surface area (Å²) < 4.78 is 43.2. The fraction of sp³-hybridized carbons (Fsp3) is 0.345. The minimum Gasteiger partial charge on any atom is -0.338 e. The maximum Gasteiger partial charge on any atom is 0.261 e. The van der Waals surface area contributed by atoms with Crippen LogP contribution >= 0.6 is 0 Å². The second kappa shape index (κ2) is 10.1. The highest BCUT2D eigenvalue weighted by Gasteiger charge is 2.30. The van der Waals surface area contributed by atoms with E-state index >= 15 is 0 Å². The molecule has 0 unspecified atom stereocenters. The smallest absolute Gasteiger partial charge is 0.261 e. The molecule has 208 valence electrons. The molecule has 2 aliphatic heterocycles. The lowest BCUT2D eigenvalue weighted by atomic mass is 10.1. The van der Waals surface area contributed by atoms with Gasteiger partial charge < -0.3 is 24.7 Å². The number of aromatic nitrogens is 3. The number of aromatic amines is 2. The van der Waals surface area contributed by atoms with Gasteiger partial charge >= 0.3 is 0 Å². The number of imidazole rings is 1. The van der Waals surface area contributed by atoms with Crippen LogP contribution in [0.4, 0.5) is 24.5 Å². The van der Waals surface area contributed by atoms with Crippen LogP contribution in [-0.4, -0.2) is 62.9 Å². The molecule has 6 rings (SSSR count). The molecular weight excluding hydrogens is 521 g/mol. The number of benzene rings is 2. The number of carbonyl (C=O) groups is 1. The van der Waals surface area contributed by atoms with Crippen molar-refractivity contribution in [2.24, 2.45) is 0 Å². The fourth-order valence-electron chi connectivity index (χ4n) is 5.75. The van der Waals surface area contributed by atoms with Crippen molar-refractivity contribution < 1.29 is 18.0 Å². The van der Waals surface area contributed by atoms with E-state index in [9.17, 15) is 22.8 Å². The Morgan fingerprint density at radius 1 is 1.02 bits per heavy atom. The number of rotatable bonds is 7. The lowest BCUT2D eigenvalue weighted by Gasteiger charge is -2.30. The molecule has 2 aromatic heterocycles. The summed E-state index contributed by atoms with van der Waals surface area (Å²) in [6, 6.07) is 6.02. The van der Waals surface area contributed by atoms with Crippen LogP contribution in [0.15, 0.2) is 41.3 Å². The molecule has 4 aromatic rings. The van der Waals surface area contributed by atoms with Crippen molar-refractivity contribution >= 4 is 28.3 Å². The standard InChI is InChI=1S/C29H29F3N6O2/c1-16(2)38(24-13-18(30)12-20(31)26(24)32)23-5-6-33-28(39)25(23)27-34-21-11-17-15-37(10-9-36-7-3-4-8-36)29(40)19(17)14-22(21)35-27/h5-6,11-14,16H,3-4,7-10,15H2,1-2H3,(H,33,39)(H,34,35). The van der Waals surface area contributed by atoms with Crippen LogP contribution in [0.25, 0.3) is 22.4 Å². The average Bonchev–Trinajstić information content (AvgIpc) is 3.64. The van der Waals surface area contributed by atoms with Gasteiger partial charge in [-0.1, -0.05) is 0 Å². The molecule has 0 radical (unpaired) electrons. The number of amides is 1. The van der Waals surface area contributed by atoms with E-state index < -0.39 is 29.1 Å². The molecule has 40 heavy (non-hydrogen) atoms. The summed E-state index contributed by atoms with van der Waals surface area (Å²) in [5.74, 6) is -3.35. The van der Waals surface area contributed by atoms with Gasteiger partial charge in [-0.3, -0.25) is 9.59 Å². The van der Waals surface area contributed by atoms with Crippen molar-refractivity contribution in [3.63, 3.8) is 0 Å². The van der Waals surface area contributed by atoms with E-state index in [2.05, 4.69) is 19.9 Å². The Morgan fingerprint density at radius 2 is 1.80 bits per heavy atom. The van der Waals surface area contributed by atoms with Crippen LogP contribution in [0.5, 0.6) is 0 Å². The van der Waals surface area contributed by atoms with Crippen LogP contribution in [0.3, 0.4) is 0 Å². The van der Waals surface area contributed by atoms with Gasteiger partial charge in [0.15, 0.2) is 11.6 Å². The summed E-state index contributed by atoms with van der Waals surface area (Å²) in [4.78, 5) is 42.3. The van der Waals surface area contributed by atoms with Crippen LogP contribution in [0.2, 0.25) is 0 Å². The highest BCUT2D eigenvalue weighted by Crippen LogP contribution is 2.37. The Bertz CT molecular complexity index is 1670. The number of nitrogens with zero attached hydrogens (tertiary/aromatic N) is 4. The quantitative estimate of drug-likeness (QED) is 0.319. The van der Waals surface area contributed by atoms with E-state index in [1.54, 1.807) is 19.9 Å². The second-order valence-corrected chi connectivity index (χ2v) is 10.6. The minimum atomic E-state index is -1.33. The molecule has 1 amide bonds. The Morgan fingerprint density at radius 3 is 2.55 bits per heavy atom. The van der Waals surface area contributed by atoms with Crippen molar-refractivity contribution in [3.05, 3.63) is 75.5 Å². The molecule has 0 spiro atoms. The molecule has 8 nitrogen and oxygen atoms in total. The number of carbonyl (C=O) groups excluding carboxylic acids is 1.